The Kier molecular flexibility index (Phi) is 4.84. The molecule has 0 aliphatic heterocycles. The van der Waals surface area contributed by atoms with Gasteiger partial charge in [-0.15, -0.1) is 0 Å². The molecule has 0 bridgehead atoms. The molecule has 0 heterocycles. The second kappa shape index (κ2) is 4.86. The van der Waals surface area contributed by atoms with Crippen LogP contribution in [0.2, 0.25) is 0 Å². The molecule has 0 amide bonds. The average molecular weight is 171 g/mol. The van der Waals surface area contributed by atoms with Crippen LogP contribution in [-0.4, -0.2) is 23.5 Å². The highest BCUT2D eigenvalue weighted by atomic mass is 15.2. The third kappa shape index (κ3) is 4.76. The van der Waals surface area contributed by atoms with E-state index < -0.39 is 0 Å². The molecule has 0 radical (unpaired) electrons. The maximum absolute atomic E-state index is 2.57. The first-order valence-corrected chi connectivity index (χ1v) is 5.13. The minimum atomic E-state index is 0.334. The van der Waals surface area contributed by atoms with Gasteiger partial charge in [-0.1, -0.05) is 20.8 Å². The van der Waals surface area contributed by atoms with E-state index in [1.807, 2.05) is 0 Å². The summed E-state index contributed by atoms with van der Waals surface area (Å²) < 4.78 is 0. The molecule has 0 saturated heterocycles. The molecule has 0 unspecified atom stereocenters. The van der Waals surface area contributed by atoms with Crippen LogP contribution in [0.15, 0.2) is 0 Å². The molecule has 0 atom stereocenters. The predicted octanol–water partition coefficient (Wildman–Crippen LogP) is 3.15. The van der Waals surface area contributed by atoms with Gasteiger partial charge in [0, 0.05) is 12.1 Å². The second-order valence-corrected chi connectivity index (χ2v) is 5.01. The van der Waals surface area contributed by atoms with E-state index in [0.29, 0.717) is 5.54 Å². The molecule has 0 aliphatic rings. The number of hydrogen-bond acceptors (Lipinski definition) is 1. The molecule has 0 N–H and O–H groups in total. The minimum Gasteiger partial charge on any atom is -0.298 e. The second-order valence-electron chi connectivity index (χ2n) is 5.01. The molecule has 74 valence electrons. The summed E-state index contributed by atoms with van der Waals surface area (Å²) in [6.07, 6.45) is 1.25. The molecule has 0 saturated carbocycles. The standard InChI is InChI=1S/C11H25N/c1-7-8-12(9-10(2)3)11(4,5)6/h10H,7-9H2,1-6H3. The first kappa shape index (κ1) is 12.0. The van der Waals surface area contributed by atoms with Crippen LogP contribution < -0.4 is 0 Å². The Morgan fingerprint density at radius 1 is 1.17 bits per heavy atom. The summed E-state index contributed by atoms with van der Waals surface area (Å²) >= 11 is 0. The fraction of sp³-hybridized carbons (Fsp3) is 1.00. The van der Waals surface area contributed by atoms with Crippen molar-refractivity contribution in [2.45, 2.75) is 53.5 Å². The SMILES string of the molecule is CCCN(CC(C)C)C(C)(C)C. The Balaban J connectivity index is 4.04. The summed E-state index contributed by atoms with van der Waals surface area (Å²) in [5, 5.41) is 0. The van der Waals surface area contributed by atoms with Gasteiger partial charge in [0.1, 0.15) is 0 Å². The Hall–Kier alpha value is -0.0400. The van der Waals surface area contributed by atoms with Crippen LogP contribution >= 0.6 is 0 Å². The molecule has 0 spiro atoms. The molecule has 0 aliphatic carbocycles. The summed E-state index contributed by atoms with van der Waals surface area (Å²) in [6, 6.07) is 0. The third-order valence-electron chi connectivity index (χ3n) is 2.03. The van der Waals surface area contributed by atoms with Crippen molar-refractivity contribution in [3.05, 3.63) is 0 Å². The highest BCUT2D eigenvalue weighted by Gasteiger charge is 2.20. The van der Waals surface area contributed by atoms with Gasteiger partial charge in [0.25, 0.3) is 0 Å². The van der Waals surface area contributed by atoms with Gasteiger partial charge in [0.05, 0.1) is 0 Å². The molecule has 0 aromatic rings. The van der Waals surface area contributed by atoms with Crippen LogP contribution in [0.5, 0.6) is 0 Å². The third-order valence-corrected chi connectivity index (χ3v) is 2.03. The Bertz CT molecular complexity index is 111. The lowest BCUT2D eigenvalue weighted by molar-refractivity contribution is 0.120. The number of rotatable bonds is 4. The van der Waals surface area contributed by atoms with E-state index in [1.165, 1.54) is 19.5 Å². The highest BCUT2D eigenvalue weighted by Crippen LogP contribution is 2.15. The van der Waals surface area contributed by atoms with Crippen molar-refractivity contribution in [2.75, 3.05) is 13.1 Å². The molecular formula is C11H25N. The largest absolute Gasteiger partial charge is 0.298 e. The molecule has 0 aromatic carbocycles. The maximum Gasteiger partial charge on any atom is 0.0125 e. The van der Waals surface area contributed by atoms with Gasteiger partial charge in [-0.05, 0) is 39.7 Å². The molecule has 0 fully saturated rings. The van der Waals surface area contributed by atoms with Crippen molar-refractivity contribution in [1.82, 2.24) is 4.90 Å². The lowest BCUT2D eigenvalue weighted by Gasteiger charge is -2.36. The summed E-state index contributed by atoms with van der Waals surface area (Å²) in [5.74, 6) is 0.774. The lowest BCUT2D eigenvalue weighted by Crippen LogP contribution is -2.43. The quantitative estimate of drug-likeness (QED) is 0.628. The number of hydrogen-bond donors (Lipinski definition) is 0. The van der Waals surface area contributed by atoms with Crippen LogP contribution in [0.1, 0.15) is 48.0 Å². The van der Waals surface area contributed by atoms with E-state index in [2.05, 4.69) is 46.4 Å². The van der Waals surface area contributed by atoms with Crippen LogP contribution in [0.25, 0.3) is 0 Å². The van der Waals surface area contributed by atoms with Crippen molar-refractivity contribution >= 4 is 0 Å². The predicted molar refractivity (Wildman–Crippen MR) is 56.5 cm³/mol. The smallest absolute Gasteiger partial charge is 0.0125 e. The highest BCUT2D eigenvalue weighted by molar-refractivity contribution is 4.76. The summed E-state index contributed by atoms with van der Waals surface area (Å²) in [7, 11) is 0. The molecule has 0 aromatic heterocycles. The monoisotopic (exact) mass is 171 g/mol. The zero-order valence-electron chi connectivity index (χ0n) is 9.65. The van der Waals surface area contributed by atoms with Crippen molar-refractivity contribution in [1.29, 1.82) is 0 Å². The van der Waals surface area contributed by atoms with E-state index in [9.17, 15) is 0 Å². The molecule has 1 heteroatoms. The fourth-order valence-corrected chi connectivity index (χ4v) is 1.41. The zero-order valence-corrected chi connectivity index (χ0v) is 9.65. The topological polar surface area (TPSA) is 3.24 Å². The molecular weight excluding hydrogens is 146 g/mol. The van der Waals surface area contributed by atoms with Gasteiger partial charge in [0.2, 0.25) is 0 Å². The van der Waals surface area contributed by atoms with Gasteiger partial charge >= 0.3 is 0 Å². The van der Waals surface area contributed by atoms with Gasteiger partial charge < -0.3 is 0 Å². The van der Waals surface area contributed by atoms with Gasteiger partial charge in [-0.25, -0.2) is 0 Å². The zero-order chi connectivity index (χ0) is 9.78. The van der Waals surface area contributed by atoms with Crippen LogP contribution in [0.3, 0.4) is 0 Å². The van der Waals surface area contributed by atoms with E-state index in [4.69, 9.17) is 0 Å². The van der Waals surface area contributed by atoms with E-state index in [0.717, 1.165) is 5.92 Å². The van der Waals surface area contributed by atoms with Crippen molar-refractivity contribution in [3.8, 4) is 0 Å². The Labute approximate surface area is 78.1 Å². The van der Waals surface area contributed by atoms with Crippen molar-refractivity contribution < 1.29 is 0 Å². The Morgan fingerprint density at radius 3 is 1.92 bits per heavy atom. The molecule has 1 nitrogen and oxygen atoms in total. The minimum absolute atomic E-state index is 0.334. The number of nitrogens with zero attached hydrogens (tertiary/aromatic N) is 1. The lowest BCUT2D eigenvalue weighted by atomic mass is 10.0. The summed E-state index contributed by atoms with van der Waals surface area (Å²) in [5.41, 5.74) is 0.334. The van der Waals surface area contributed by atoms with E-state index in [1.54, 1.807) is 0 Å². The van der Waals surface area contributed by atoms with Crippen molar-refractivity contribution in [3.63, 3.8) is 0 Å². The molecule has 12 heavy (non-hydrogen) atoms. The Morgan fingerprint density at radius 2 is 1.67 bits per heavy atom. The van der Waals surface area contributed by atoms with E-state index in [-0.39, 0.29) is 0 Å². The summed E-state index contributed by atoms with van der Waals surface area (Å²) in [6.45, 7) is 16.2. The van der Waals surface area contributed by atoms with E-state index >= 15 is 0 Å². The van der Waals surface area contributed by atoms with Crippen LogP contribution in [0.4, 0.5) is 0 Å². The van der Waals surface area contributed by atoms with Gasteiger partial charge in [-0.2, -0.15) is 0 Å². The van der Waals surface area contributed by atoms with Gasteiger partial charge in [0.15, 0.2) is 0 Å². The normalized spacial score (nSPS) is 13.0. The van der Waals surface area contributed by atoms with Crippen molar-refractivity contribution in [2.24, 2.45) is 5.92 Å². The molecule has 0 rings (SSSR count). The van der Waals surface area contributed by atoms with Crippen LogP contribution in [0, 0.1) is 5.92 Å². The fourth-order valence-electron chi connectivity index (χ4n) is 1.41. The summed E-state index contributed by atoms with van der Waals surface area (Å²) in [4.78, 5) is 2.57. The van der Waals surface area contributed by atoms with Crippen LogP contribution in [-0.2, 0) is 0 Å². The first-order valence-electron chi connectivity index (χ1n) is 5.13. The van der Waals surface area contributed by atoms with Gasteiger partial charge in [-0.3, -0.25) is 4.90 Å². The maximum atomic E-state index is 2.57. The first-order chi connectivity index (χ1) is 5.38. The average Bonchev–Trinajstić information content (AvgIpc) is 1.83.